The van der Waals surface area contributed by atoms with Gasteiger partial charge in [-0.1, -0.05) is 12.1 Å². The van der Waals surface area contributed by atoms with E-state index >= 15 is 0 Å². The summed E-state index contributed by atoms with van der Waals surface area (Å²) in [5, 5.41) is 6.35. The van der Waals surface area contributed by atoms with Gasteiger partial charge in [0.15, 0.2) is 0 Å². The maximum absolute atomic E-state index is 12.2. The Balaban J connectivity index is 1.63. The number of amides is 1. The lowest BCUT2D eigenvalue weighted by Gasteiger charge is -2.22. The summed E-state index contributed by atoms with van der Waals surface area (Å²) < 4.78 is 2.05. The van der Waals surface area contributed by atoms with E-state index in [1.165, 1.54) is 12.8 Å². The first-order valence-corrected chi connectivity index (χ1v) is 8.23. The van der Waals surface area contributed by atoms with Gasteiger partial charge in [0, 0.05) is 13.0 Å². The Kier molecular flexibility index (Phi) is 4.73. The molecule has 1 aliphatic rings. The highest BCUT2D eigenvalue weighted by Gasteiger charge is 2.16. The number of benzene rings is 1. The molecule has 0 radical (unpaired) electrons. The third-order valence-corrected chi connectivity index (χ3v) is 4.46. The van der Waals surface area contributed by atoms with Gasteiger partial charge in [-0.2, -0.15) is 0 Å². The van der Waals surface area contributed by atoms with E-state index in [2.05, 4.69) is 27.1 Å². The zero-order chi connectivity index (χ0) is 15.4. The number of hydrogen-bond donors (Lipinski definition) is 2. The second-order valence-corrected chi connectivity index (χ2v) is 5.95. The van der Waals surface area contributed by atoms with Gasteiger partial charge in [0.25, 0.3) is 0 Å². The van der Waals surface area contributed by atoms with Crippen molar-refractivity contribution in [2.45, 2.75) is 39.2 Å². The highest BCUT2D eigenvalue weighted by atomic mass is 16.1. The van der Waals surface area contributed by atoms with E-state index in [1.807, 2.05) is 24.3 Å². The number of hydrogen-bond acceptors (Lipinski definition) is 3. The van der Waals surface area contributed by atoms with Gasteiger partial charge >= 0.3 is 0 Å². The number of nitrogens with zero attached hydrogens (tertiary/aromatic N) is 2. The average Bonchev–Trinajstić information content (AvgIpc) is 2.91. The van der Waals surface area contributed by atoms with Gasteiger partial charge in [0.05, 0.1) is 11.0 Å². The molecule has 1 fully saturated rings. The van der Waals surface area contributed by atoms with Gasteiger partial charge in [0.2, 0.25) is 11.9 Å². The average molecular weight is 300 g/mol. The Morgan fingerprint density at radius 1 is 1.36 bits per heavy atom. The van der Waals surface area contributed by atoms with Gasteiger partial charge in [-0.25, -0.2) is 4.98 Å². The van der Waals surface area contributed by atoms with Crippen molar-refractivity contribution in [3.05, 3.63) is 24.3 Å². The first-order valence-electron chi connectivity index (χ1n) is 8.23. The van der Waals surface area contributed by atoms with Crippen molar-refractivity contribution >= 4 is 22.9 Å². The Morgan fingerprint density at radius 2 is 2.14 bits per heavy atom. The molecule has 1 aromatic carbocycles. The smallest absolute Gasteiger partial charge is 0.226 e. The first kappa shape index (κ1) is 15.0. The molecule has 0 bridgehead atoms. The standard InChI is InChI=1S/C17H24N4O/c1-2-21-15-6-4-3-5-14(15)19-17(21)20-16(22)8-7-13-9-11-18-12-10-13/h3-6,13,18H,2,7-12H2,1H3,(H,19,20,22). The van der Waals surface area contributed by atoms with Crippen LogP contribution >= 0.6 is 0 Å². The van der Waals surface area contributed by atoms with E-state index in [0.717, 1.165) is 37.1 Å². The fourth-order valence-corrected chi connectivity index (χ4v) is 3.18. The van der Waals surface area contributed by atoms with Crippen LogP contribution in [0.3, 0.4) is 0 Å². The van der Waals surface area contributed by atoms with Gasteiger partial charge in [0.1, 0.15) is 0 Å². The van der Waals surface area contributed by atoms with Crippen LogP contribution in [0.5, 0.6) is 0 Å². The van der Waals surface area contributed by atoms with Crippen molar-refractivity contribution < 1.29 is 4.79 Å². The third-order valence-electron chi connectivity index (χ3n) is 4.46. The van der Waals surface area contributed by atoms with E-state index in [4.69, 9.17) is 0 Å². The van der Waals surface area contributed by atoms with E-state index in [9.17, 15) is 4.79 Å². The zero-order valence-electron chi connectivity index (χ0n) is 13.1. The number of imidazole rings is 1. The fraction of sp³-hybridized carbons (Fsp3) is 0.529. The van der Waals surface area contributed by atoms with Gasteiger partial charge in [-0.3, -0.25) is 10.1 Å². The highest BCUT2D eigenvalue weighted by Crippen LogP contribution is 2.21. The summed E-state index contributed by atoms with van der Waals surface area (Å²) in [5.41, 5.74) is 2.00. The van der Waals surface area contributed by atoms with Gasteiger partial charge < -0.3 is 9.88 Å². The number of aryl methyl sites for hydroxylation is 1. The predicted molar refractivity (Wildman–Crippen MR) is 88.9 cm³/mol. The molecular formula is C17H24N4O. The summed E-state index contributed by atoms with van der Waals surface area (Å²) in [6, 6.07) is 7.99. The summed E-state index contributed by atoms with van der Waals surface area (Å²) >= 11 is 0. The van der Waals surface area contributed by atoms with Crippen LogP contribution in [-0.2, 0) is 11.3 Å². The number of anilines is 1. The van der Waals surface area contributed by atoms with E-state index in [-0.39, 0.29) is 5.91 Å². The number of para-hydroxylation sites is 2. The molecule has 0 aliphatic carbocycles. The van der Waals surface area contributed by atoms with Crippen molar-refractivity contribution in [3.8, 4) is 0 Å². The largest absolute Gasteiger partial charge is 0.317 e. The molecule has 1 amide bonds. The minimum atomic E-state index is 0.0727. The van der Waals surface area contributed by atoms with Crippen LogP contribution in [0.15, 0.2) is 24.3 Å². The molecule has 118 valence electrons. The lowest BCUT2D eigenvalue weighted by Crippen LogP contribution is -2.28. The van der Waals surface area contributed by atoms with Crippen molar-refractivity contribution in [3.63, 3.8) is 0 Å². The number of nitrogens with one attached hydrogen (secondary N) is 2. The minimum absolute atomic E-state index is 0.0727. The topological polar surface area (TPSA) is 59.0 Å². The molecule has 3 rings (SSSR count). The SMILES string of the molecule is CCn1c(NC(=O)CCC2CCNCC2)nc2ccccc21. The normalized spacial score (nSPS) is 16.0. The van der Waals surface area contributed by atoms with Crippen LogP contribution < -0.4 is 10.6 Å². The van der Waals surface area contributed by atoms with Crippen molar-refractivity contribution in [2.75, 3.05) is 18.4 Å². The third kappa shape index (κ3) is 3.30. The molecule has 5 heteroatoms. The fourth-order valence-electron chi connectivity index (χ4n) is 3.18. The molecule has 5 nitrogen and oxygen atoms in total. The van der Waals surface area contributed by atoms with Crippen molar-refractivity contribution in [1.82, 2.24) is 14.9 Å². The zero-order valence-corrected chi connectivity index (χ0v) is 13.1. The molecule has 2 aromatic rings. The lowest BCUT2D eigenvalue weighted by molar-refractivity contribution is -0.116. The Morgan fingerprint density at radius 3 is 2.91 bits per heavy atom. The number of rotatable bonds is 5. The molecule has 2 heterocycles. The number of aromatic nitrogens is 2. The molecule has 1 aliphatic heterocycles. The molecule has 1 saturated heterocycles. The van der Waals surface area contributed by atoms with Crippen LogP contribution in [0.1, 0.15) is 32.6 Å². The molecule has 0 atom stereocenters. The molecule has 2 N–H and O–H groups in total. The summed E-state index contributed by atoms with van der Waals surface area (Å²) in [6.07, 6.45) is 3.92. The van der Waals surface area contributed by atoms with Crippen molar-refractivity contribution in [2.24, 2.45) is 5.92 Å². The van der Waals surface area contributed by atoms with E-state index < -0.39 is 0 Å². The molecule has 0 spiro atoms. The second kappa shape index (κ2) is 6.92. The van der Waals surface area contributed by atoms with Crippen LogP contribution in [0, 0.1) is 5.92 Å². The molecular weight excluding hydrogens is 276 g/mol. The van der Waals surface area contributed by atoms with Crippen LogP contribution in [0.25, 0.3) is 11.0 Å². The summed E-state index contributed by atoms with van der Waals surface area (Å²) in [7, 11) is 0. The lowest BCUT2D eigenvalue weighted by atomic mass is 9.93. The summed E-state index contributed by atoms with van der Waals surface area (Å²) in [5.74, 6) is 1.42. The minimum Gasteiger partial charge on any atom is -0.317 e. The van der Waals surface area contributed by atoms with E-state index in [0.29, 0.717) is 18.3 Å². The highest BCUT2D eigenvalue weighted by molar-refractivity contribution is 5.91. The summed E-state index contributed by atoms with van der Waals surface area (Å²) in [4.78, 5) is 16.8. The first-order chi connectivity index (χ1) is 10.8. The van der Waals surface area contributed by atoms with Crippen molar-refractivity contribution in [1.29, 1.82) is 0 Å². The Bertz CT molecular complexity index is 643. The van der Waals surface area contributed by atoms with E-state index in [1.54, 1.807) is 0 Å². The monoisotopic (exact) mass is 300 g/mol. The Hall–Kier alpha value is -1.88. The molecule has 0 unspecified atom stereocenters. The van der Waals surface area contributed by atoms with Crippen LogP contribution in [0.2, 0.25) is 0 Å². The summed E-state index contributed by atoms with van der Waals surface area (Å²) in [6.45, 7) is 5.03. The number of fused-ring (bicyclic) bond motifs is 1. The predicted octanol–water partition coefficient (Wildman–Crippen LogP) is 2.77. The van der Waals surface area contributed by atoms with Gasteiger partial charge in [-0.05, 0) is 57.3 Å². The molecule has 22 heavy (non-hydrogen) atoms. The number of carbonyl (C=O) groups excluding carboxylic acids is 1. The van der Waals surface area contributed by atoms with Crippen LogP contribution in [0.4, 0.5) is 5.95 Å². The maximum Gasteiger partial charge on any atom is 0.226 e. The number of carbonyl (C=O) groups is 1. The van der Waals surface area contributed by atoms with Crippen LogP contribution in [-0.4, -0.2) is 28.5 Å². The Labute approximate surface area is 131 Å². The molecule has 0 saturated carbocycles. The second-order valence-electron chi connectivity index (χ2n) is 5.95. The maximum atomic E-state index is 12.2. The molecule has 1 aromatic heterocycles. The van der Waals surface area contributed by atoms with Gasteiger partial charge in [-0.15, -0.1) is 0 Å². The quantitative estimate of drug-likeness (QED) is 0.892. The number of piperidine rings is 1.